The number of aromatic nitrogens is 1. The van der Waals surface area contributed by atoms with E-state index in [-0.39, 0.29) is 23.3 Å². The molecule has 5 rings (SSSR count). The van der Waals surface area contributed by atoms with E-state index < -0.39 is 15.6 Å². The smallest absolute Gasteiger partial charge is 0.264 e. The van der Waals surface area contributed by atoms with Gasteiger partial charge in [-0.3, -0.25) is 14.7 Å². The minimum Gasteiger partial charge on any atom is -0.396 e. The fourth-order valence-electron chi connectivity index (χ4n) is 5.83. The van der Waals surface area contributed by atoms with Crippen molar-refractivity contribution in [2.24, 2.45) is 4.99 Å². The molecule has 1 saturated carbocycles. The molecule has 0 atom stereocenters. The molecule has 218 valence electrons. The number of aliphatic hydroxyl groups excluding tert-OH is 1. The summed E-state index contributed by atoms with van der Waals surface area (Å²) in [6.45, 7) is 5.91. The quantitative estimate of drug-likeness (QED) is 0.308. The number of carbonyl (C=O) groups excluding carboxylic acids is 1. The van der Waals surface area contributed by atoms with Crippen LogP contribution in [0.15, 0.2) is 56.9 Å². The Labute approximate surface area is 241 Å². The van der Waals surface area contributed by atoms with Crippen LogP contribution in [0.1, 0.15) is 74.3 Å². The lowest BCUT2D eigenvalue weighted by Gasteiger charge is -2.23. The lowest BCUT2D eigenvalue weighted by atomic mass is 9.95. The Balaban J connectivity index is 1.47. The lowest BCUT2D eigenvalue weighted by molar-refractivity contribution is -0.131. The highest BCUT2D eigenvalue weighted by Crippen LogP contribution is 2.40. The zero-order chi connectivity index (χ0) is 29.2. The Hall–Kier alpha value is -3.50. The molecule has 1 spiro atoms. The van der Waals surface area contributed by atoms with Crippen LogP contribution in [0.25, 0.3) is 11.1 Å². The van der Waals surface area contributed by atoms with Gasteiger partial charge < -0.3 is 9.63 Å². The average Bonchev–Trinajstić information content (AvgIpc) is 3.63. The van der Waals surface area contributed by atoms with Crippen LogP contribution in [-0.4, -0.2) is 47.5 Å². The van der Waals surface area contributed by atoms with Gasteiger partial charge in [0, 0.05) is 24.2 Å². The zero-order valence-electron chi connectivity index (χ0n) is 23.9. The number of unbranched alkanes of at least 4 members (excludes halogenated alkanes) is 1. The highest BCUT2D eigenvalue weighted by molar-refractivity contribution is 7.92. The monoisotopic (exact) mass is 578 g/mol. The van der Waals surface area contributed by atoms with Gasteiger partial charge in [0.2, 0.25) is 5.88 Å². The number of aliphatic hydroxyl groups is 1. The summed E-state index contributed by atoms with van der Waals surface area (Å²) < 4.78 is 34.7. The van der Waals surface area contributed by atoms with E-state index >= 15 is 0 Å². The van der Waals surface area contributed by atoms with Crippen molar-refractivity contribution >= 4 is 27.7 Å². The van der Waals surface area contributed by atoms with Crippen LogP contribution in [0.2, 0.25) is 0 Å². The summed E-state index contributed by atoms with van der Waals surface area (Å²) in [4.78, 5) is 20.5. The maximum Gasteiger partial charge on any atom is 0.264 e. The molecule has 2 aliphatic rings. The van der Waals surface area contributed by atoms with Crippen LogP contribution < -0.4 is 4.72 Å². The minimum atomic E-state index is -4.01. The molecule has 10 heteroatoms. The van der Waals surface area contributed by atoms with Gasteiger partial charge in [0.15, 0.2) is 0 Å². The number of nitrogens with zero attached hydrogens (tertiary/aromatic N) is 3. The summed E-state index contributed by atoms with van der Waals surface area (Å²) in [7, 11) is -4.01. The molecule has 3 aromatic rings. The molecule has 2 aromatic carbocycles. The number of aryl methyl sites for hydroxylation is 1. The molecule has 1 amide bonds. The van der Waals surface area contributed by atoms with Gasteiger partial charge in [-0.2, -0.15) is 0 Å². The SMILES string of the molecule is CCCCC1=NC2(CCCC2)C(=O)N1Cc1ccc(-c2ccccc2S(=O)(=O)Nc2onc(C)c2C)c(CCO)c1. The number of anilines is 1. The van der Waals surface area contributed by atoms with Gasteiger partial charge in [0.1, 0.15) is 11.4 Å². The van der Waals surface area contributed by atoms with Gasteiger partial charge in [0.05, 0.1) is 17.1 Å². The van der Waals surface area contributed by atoms with Gasteiger partial charge in [-0.05, 0) is 62.3 Å². The van der Waals surface area contributed by atoms with Crippen molar-refractivity contribution in [3.8, 4) is 11.1 Å². The number of hydrogen-bond donors (Lipinski definition) is 2. The maximum atomic E-state index is 13.6. The highest BCUT2D eigenvalue weighted by atomic mass is 32.2. The van der Waals surface area contributed by atoms with E-state index in [1.54, 1.807) is 38.1 Å². The minimum absolute atomic E-state index is 0.0825. The number of rotatable bonds is 11. The summed E-state index contributed by atoms with van der Waals surface area (Å²) in [5.74, 6) is 1.04. The molecule has 0 saturated heterocycles. The number of sulfonamides is 1. The molecule has 2 heterocycles. The fourth-order valence-corrected chi connectivity index (χ4v) is 7.10. The molecule has 0 unspecified atom stereocenters. The zero-order valence-corrected chi connectivity index (χ0v) is 24.8. The largest absolute Gasteiger partial charge is 0.396 e. The van der Waals surface area contributed by atoms with Crippen molar-refractivity contribution < 1.29 is 22.8 Å². The number of aliphatic imine (C=N–C) groups is 1. The van der Waals surface area contributed by atoms with E-state index in [1.165, 1.54) is 0 Å². The second kappa shape index (κ2) is 11.8. The third-order valence-electron chi connectivity index (χ3n) is 8.22. The first-order chi connectivity index (χ1) is 19.7. The summed E-state index contributed by atoms with van der Waals surface area (Å²) in [6, 6.07) is 12.5. The standard InChI is InChI=1S/C31H38N4O5S/c1-4-5-12-28-32-31(16-8-9-17-31)30(37)35(28)20-23-13-14-25(24(19-23)15-18-36)26-10-6-7-11-27(26)41(38,39)34-29-21(2)22(3)33-40-29/h6-7,10-11,13-14,19,34,36H,4-5,8-9,12,15-18,20H2,1-3H3. The molecule has 1 fully saturated rings. The number of benzene rings is 2. The number of amides is 1. The van der Waals surface area contributed by atoms with E-state index in [0.717, 1.165) is 61.9 Å². The Kier molecular flexibility index (Phi) is 8.33. The van der Waals surface area contributed by atoms with Gasteiger partial charge in [0.25, 0.3) is 15.9 Å². The average molecular weight is 579 g/mol. The van der Waals surface area contributed by atoms with Crippen molar-refractivity contribution in [1.82, 2.24) is 10.1 Å². The van der Waals surface area contributed by atoms with E-state index in [0.29, 0.717) is 35.3 Å². The fraction of sp³-hybridized carbons (Fsp3) is 0.452. The highest BCUT2D eigenvalue weighted by Gasteiger charge is 2.49. The third-order valence-corrected chi connectivity index (χ3v) is 9.61. The maximum absolute atomic E-state index is 13.6. The van der Waals surface area contributed by atoms with Crippen LogP contribution in [0, 0.1) is 13.8 Å². The number of hydrogen-bond acceptors (Lipinski definition) is 7. The van der Waals surface area contributed by atoms with Gasteiger partial charge >= 0.3 is 0 Å². The predicted octanol–water partition coefficient (Wildman–Crippen LogP) is 5.54. The van der Waals surface area contributed by atoms with E-state index in [9.17, 15) is 18.3 Å². The molecule has 0 radical (unpaired) electrons. The first-order valence-electron chi connectivity index (χ1n) is 14.4. The van der Waals surface area contributed by atoms with Crippen molar-refractivity contribution in [1.29, 1.82) is 0 Å². The summed E-state index contributed by atoms with van der Waals surface area (Å²) in [6.07, 6.45) is 6.75. The van der Waals surface area contributed by atoms with Crippen LogP contribution in [0.4, 0.5) is 5.88 Å². The second-order valence-corrected chi connectivity index (χ2v) is 12.7. The number of nitrogens with one attached hydrogen (secondary N) is 1. The summed E-state index contributed by atoms with van der Waals surface area (Å²) >= 11 is 0. The number of carbonyl (C=O) groups is 1. The van der Waals surface area contributed by atoms with Crippen molar-refractivity contribution in [3.05, 3.63) is 64.8 Å². The Bertz CT molecular complexity index is 1570. The van der Waals surface area contributed by atoms with Gasteiger partial charge in [-0.15, -0.1) is 0 Å². The number of amidine groups is 1. The van der Waals surface area contributed by atoms with Crippen molar-refractivity contribution in [2.45, 2.75) is 89.1 Å². The Morgan fingerprint density at radius 1 is 1.07 bits per heavy atom. The van der Waals surface area contributed by atoms with Crippen molar-refractivity contribution in [2.75, 3.05) is 11.3 Å². The molecular formula is C31H38N4O5S. The molecule has 0 bridgehead atoms. The molecule has 2 N–H and O–H groups in total. The normalized spacial score (nSPS) is 16.5. The van der Waals surface area contributed by atoms with Gasteiger partial charge in [-0.25, -0.2) is 13.1 Å². The molecule has 1 aliphatic carbocycles. The second-order valence-electron chi connectivity index (χ2n) is 11.1. The van der Waals surface area contributed by atoms with Crippen molar-refractivity contribution in [3.63, 3.8) is 0 Å². The first kappa shape index (κ1) is 29.0. The summed E-state index contributed by atoms with van der Waals surface area (Å²) in [5, 5.41) is 13.8. The summed E-state index contributed by atoms with van der Waals surface area (Å²) in [5.41, 5.74) is 3.55. The van der Waals surface area contributed by atoms with E-state index in [1.807, 2.05) is 23.1 Å². The predicted molar refractivity (Wildman–Crippen MR) is 158 cm³/mol. The van der Waals surface area contributed by atoms with Crippen LogP contribution in [0.5, 0.6) is 0 Å². The Morgan fingerprint density at radius 2 is 1.83 bits per heavy atom. The molecule has 1 aliphatic heterocycles. The van der Waals surface area contributed by atoms with Crippen LogP contribution in [-0.2, 0) is 27.8 Å². The first-order valence-corrected chi connectivity index (χ1v) is 15.9. The molecule has 1 aromatic heterocycles. The Morgan fingerprint density at radius 3 is 2.51 bits per heavy atom. The van der Waals surface area contributed by atoms with Crippen LogP contribution in [0.3, 0.4) is 0 Å². The topological polar surface area (TPSA) is 125 Å². The molecular weight excluding hydrogens is 540 g/mol. The molecule has 9 nitrogen and oxygen atoms in total. The van der Waals surface area contributed by atoms with Crippen LogP contribution >= 0.6 is 0 Å². The van der Waals surface area contributed by atoms with Gasteiger partial charge in [-0.1, -0.05) is 67.7 Å². The molecule has 41 heavy (non-hydrogen) atoms. The lowest BCUT2D eigenvalue weighted by Crippen LogP contribution is -2.40. The van der Waals surface area contributed by atoms with E-state index in [4.69, 9.17) is 9.52 Å². The van der Waals surface area contributed by atoms with E-state index in [2.05, 4.69) is 16.8 Å². The third kappa shape index (κ3) is 5.67.